The van der Waals surface area contributed by atoms with Gasteiger partial charge >= 0.3 is 0 Å². The lowest BCUT2D eigenvalue weighted by atomic mass is 10.0. The second-order valence-corrected chi connectivity index (χ2v) is 3.31. The second-order valence-electron chi connectivity index (χ2n) is 3.31. The molecule has 0 amide bonds. The van der Waals surface area contributed by atoms with Crippen molar-refractivity contribution in [3.05, 3.63) is 29.8 Å². The largest absolute Gasteiger partial charge is 0.497 e. The number of benzene rings is 1. The van der Waals surface area contributed by atoms with E-state index in [2.05, 4.69) is 11.4 Å². The zero-order valence-corrected chi connectivity index (χ0v) is 9.16. The minimum Gasteiger partial charge on any atom is -0.497 e. The van der Waals surface area contributed by atoms with Crippen molar-refractivity contribution in [1.29, 1.82) is 5.26 Å². The first-order valence-electron chi connectivity index (χ1n) is 5.00. The molecule has 0 bridgehead atoms. The predicted molar refractivity (Wildman–Crippen MR) is 59.6 cm³/mol. The van der Waals surface area contributed by atoms with E-state index in [0.29, 0.717) is 6.42 Å². The number of rotatable bonds is 5. The maximum absolute atomic E-state index is 8.56. The van der Waals surface area contributed by atoms with Gasteiger partial charge in [-0.15, -0.1) is 0 Å². The zero-order chi connectivity index (χ0) is 11.1. The van der Waals surface area contributed by atoms with Crippen LogP contribution in [-0.4, -0.2) is 14.2 Å². The van der Waals surface area contributed by atoms with Crippen LogP contribution in [0.4, 0.5) is 0 Å². The molecule has 0 fully saturated rings. The average Bonchev–Trinajstić information content (AvgIpc) is 2.30. The van der Waals surface area contributed by atoms with E-state index in [0.717, 1.165) is 17.7 Å². The quantitative estimate of drug-likeness (QED) is 0.800. The van der Waals surface area contributed by atoms with Crippen molar-refractivity contribution in [2.45, 2.75) is 18.9 Å². The number of nitrogens with zero attached hydrogens (tertiary/aromatic N) is 1. The molecule has 0 aliphatic rings. The van der Waals surface area contributed by atoms with E-state index < -0.39 is 0 Å². The standard InChI is InChI=1S/C12H16N2O/c1-14-12(7-4-8-13)10-5-3-6-11(9-10)15-2/h3,5-6,9,12,14H,4,7H2,1-2H3. The summed E-state index contributed by atoms with van der Waals surface area (Å²) >= 11 is 0. The molecule has 80 valence electrons. The first-order valence-corrected chi connectivity index (χ1v) is 5.00. The molecule has 0 radical (unpaired) electrons. The number of methoxy groups -OCH3 is 1. The molecular weight excluding hydrogens is 188 g/mol. The van der Waals surface area contributed by atoms with Gasteiger partial charge in [0.2, 0.25) is 0 Å². The summed E-state index contributed by atoms with van der Waals surface area (Å²) < 4.78 is 5.16. The van der Waals surface area contributed by atoms with Crippen molar-refractivity contribution < 1.29 is 4.74 Å². The van der Waals surface area contributed by atoms with Crippen LogP contribution >= 0.6 is 0 Å². The van der Waals surface area contributed by atoms with E-state index in [1.165, 1.54) is 0 Å². The molecule has 3 nitrogen and oxygen atoms in total. The van der Waals surface area contributed by atoms with Crippen LogP contribution in [0.1, 0.15) is 24.4 Å². The maximum Gasteiger partial charge on any atom is 0.119 e. The Morgan fingerprint density at radius 2 is 2.33 bits per heavy atom. The number of ether oxygens (including phenoxy) is 1. The van der Waals surface area contributed by atoms with Crippen molar-refractivity contribution in [3.8, 4) is 11.8 Å². The van der Waals surface area contributed by atoms with Gasteiger partial charge in [-0.25, -0.2) is 0 Å². The van der Waals surface area contributed by atoms with Crippen LogP contribution in [-0.2, 0) is 0 Å². The van der Waals surface area contributed by atoms with Gasteiger partial charge < -0.3 is 10.1 Å². The van der Waals surface area contributed by atoms with Crippen LogP contribution in [0.15, 0.2) is 24.3 Å². The van der Waals surface area contributed by atoms with E-state index in [9.17, 15) is 0 Å². The molecule has 0 spiro atoms. The summed E-state index contributed by atoms with van der Waals surface area (Å²) in [5, 5.41) is 11.8. The molecule has 0 saturated heterocycles. The van der Waals surface area contributed by atoms with Crippen molar-refractivity contribution >= 4 is 0 Å². The molecule has 0 saturated carbocycles. The lowest BCUT2D eigenvalue weighted by molar-refractivity contribution is 0.413. The van der Waals surface area contributed by atoms with Gasteiger partial charge in [0, 0.05) is 12.5 Å². The van der Waals surface area contributed by atoms with E-state index in [1.54, 1.807) is 7.11 Å². The Hall–Kier alpha value is -1.53. The fourth-order valence-corrected chi connectivity index (χ4v) is 1.54. The molecule has 3 heteroatoms. The van der Waals surface area contributed by atoms with Gasteiger partial charge in [0.25, 0.3) is 0 Å². The fourth-order valence-electron chi connectivity index (χ4n) is 1.54. The lowest BCUT2D eigenvalue weighted by Gasteiger charge is -2.15. The smallest absolute Gasteiger partial charge is 0.119 e. The number of hydrogen-bond acceptors (Lipinski definition) is 3. The summed E-state index contributed by atoms with van der Waals surface area (Å²) in [7, 11) is 3.56. The Labute approximate surface area is 90.7 Å². The normalized spacial score (nSPS) is 11.8. The number of hydrogen-bond donors (Lipinski definition) is 1. The minimum absolute atomic E-state index is 0.222. The van der Waals surface area contributed by atoms with Crippen LogP contribution in [0.2, 0.25) is 0 Å². The van der Waals surface area contributed by atoms with Gasteiger partial charge in [-0.05, 0) is 31.2 Å². The molecule has 1 N–H and O–H groups in total. The first kappa shape index (κ1) is 11.5. The lowest BCUT2D eigenvalue weighted by Crippen LogP contribution is -2.16. The monoisotopic (exact) mass is 204 g/mol. The van der Waals surface area contributed by atoms with Gasteiger partial charge in [-0.1, -0.05) is 12.1 Å². The van der Waals surface area contributed by atoms with Crippen molar-refractivity contribution in [1.82, 2.24) is 5.32 Å². The summed E-state index contributed by atoms with van der Waals surface area (Å²) in [6.45, 7) is 0. The maximum atomic E-state index is 8.56. The van der Waals surface area contributed by atoms with E-state index >= 15 is 0 Å². The molecule has 15 heavy (non-hydrogen) atoms. The summed E-state index contributed by atoms with van der Waals surface area (Å²) in [6.07, 6.45) is 1.38. The van der Waals surface area contributed by atoms with Crippen LogP contribution in [0.3, 0.4) is 0 Å². The molecule has 1 atom stereocenters. The molecular formula is C12H16N2O. The van der Waals surface area contributed by atoms with E-state index in [1.807, 2.05) is 31.3 Å². The predicted octanol–water partition coefficient (Wildman–Crippen LogP) is 2.26. The van der Waals surface area contributed by atoms with Gasteiger partial charge in [0.15, 0.2) is 0 Å². The molecule has 0 aliphatic heterocycles. The molecule has 1 unspecified atom stereocenters. The fraction of sp³-hybridized carbons (Fsp3) is 0.417. The highest BCUT2D eigenvalue weighted by molar-refractivity contribution is 5.30. The average molecular weight is 204 g/mol. The zero-order valence-electron chi connectivity index (χ0n) is 9.16. The van der Waals surface area contributed by atoms with Crippen molar-refractivity contribution in [2.75, 3.05) is 14.2 Å². The Kier molecular flexibility index (Phi) is 4.65. The highest BCUT2D eigenvalue weighted by Gasteiger charge is 2.08. The van der Waals surface area contributed by atoms with Crippen molar-refractivity contribution in [3.63, 3.8) is 0 Å². The number of nitriles is 1. The Bertz CT molecular complexity index is 344. The summed E-state index contributed by atoms with van der Waals surface area (Å²) in [5.41, 5.74) is 1.16. The second kappa shape index (κ2) is 6.05. The van der Waals surface area contributed by atoms with Gasteiger partial charge in [-0.3, -0.25) is 0 Å². The van der Waals surface area contributed by atoms with Gasteiger partial charge in [0.1, 0.15) is 5.75 Å². The molecule has 1 rings (SSSR count). The van der Waals surface area contributed by atoms with Crippen molar-refractivity contribution in [2.24, 2.45) is 0 Å². The molecule has 0 aliphatic carbocycles. The van der Waals surface area contributed by atoms with Crippen LogP contribution in [0.5, 0.6) is 5.75 Å². The highest BCUT2D eigenvalue weighted by atomic mass is 16.5. The Balaban J connectivity index is 2.77. The van der Waals surface area contributed by atoms with Gasteiger partial charge in [-0.2, -0.15) is 5.26 Å². The molecule has 1 aromatic rings. The third kappa shape index (κ3) is 3.26. The summed E-state index contributed by atoms with van der Waals surface area (Å²) in [5.74, 6) is 0.852. The topological polar surface area (TPSA) is 45.0 Å². The summed E-state index contributed by atoms with van der Waals surface area (Å²) in [4.78, 5) is 0. The molecule has 0 heterocycles. The number of nitrogens with one attached hydrogen (secondary N) is 1. The third-order valence-corrected chi connectivity index (χ3v) is 2.39. The van der Waals surface area contributed by atoms with Crippen LogP contribution in [0, 0.1) is 11.3 Å². The Morgan fingerprint density at radius 1 is 1.53 bits per heavy atom. The van der Waals surface area contributed by atoms with E-state index in [4.69, 9.17) is 10.00 Å². The van der Waals surface area contributed by atoms with Crippen LogP contribution in [0.25, 0.3) is 0 Å². The summed E-state index contributed by atoms with van der Waals surface area (Å²) in [6, 6.07) is 10.3. The van der Waals surface area contributed by atoms with Crippen LogP contribution < -0.4 is 10.1 Å². The van der Waals surface area contributed by atoms with E-state index in [-0.39, 0.29) is 6.04 Å². The molecule has 0 aromatic heterocycles. The van der Waals surface area contributed by atoms with Gasteiger partial charge in [0.05, 0.1) is 13.2 Å². The first-order chi connectivity index (χ1) is 7.31. The molecule has 1 aromatic carbocycles. The minimum atomic E-state index is 0.222. The third-order valence-electron chi connectivity index (χ3n) is 2.39. The highest BCUT2D eigenvalue weighted by Crippen LogP contribution is 2.22. The Morgan fingerprint density at radius 3 is 2.93 bits per heavy atom. The SMILES string of the molecule is CNC(CCC#N)c1cccc(OC)c1.